The van der Waals surface area contributed by atoms with Crippen LogP contribution in [0.4, 0.5) is 0 Å². The van der Waals surface area contributed by atoms with E-state index in [0.29, 0.717) is 43.5 Å². The van der Waals surface area contributed by atoms with Crippen LogP contribution in [0.5, 0.6) is 0 Å². The van der Waals surface area contributed by atoms with E-state index in [1.807, 2.05) is 12.1 Å². The van der Waals surface area contributed by atoms with Gasteiger partial charge in [0.15, 0.2) is 0 Å². The van der Waals surface area contributed by atoms with Crippen molar-refractivity contribution < 1.29 is 13.5 Å². The molecule has 1 aliphatic heterocycles. The topological polar surface area (TPSA) is 60.9 Å². The zero-order valence-corrected chi connectivity index (χ0v) is 15.3. The van der Waals surface area contributed by atoms with E-state index in [1.165, 1.54) is 4.31 Å². The first-order chi connectivity index (χ1) is 10.6. The second-order valence-corrected chi connectivity index (χ2v) is 9.15. The summed E-state index contributed by atoms with van der Waals surface area (Å²) in [6, 6.07) is 7.19. The summed E-state index contributed by atoms with van der Waals surface area (Å²) in [6.07, 6.45) is 0. The fraction of sp³-hybridized carbons (Fsp3) is 0.647. The molecular formula is C17H28N2O3S. The first-order valence-electron chi connectivity index (χ1n) is 8.14. The third kappa shape index (κ3) is 4.76. The van der Waals surface area contributed by atoms with Crippen molar-refractivity contribution >= 4 is 10.0 Å². The van der Waals surface area contributed by atoms with E-state index in [-0.39, 0.29) is 0 Å². The van der Waals surface area contributed by atoms with Gasteiger partial charge in [0, 0.05) is 32.7 Å². The van der Waals surface area contributed by atoms with Crippen LogP contribution in [-0.4, -0.2) is 61.1 Å². The van der Waals surface area contributed by atoms with Crippen molar-refractivity contribution in [3.63, 3.8) is 0 Å². The largest absolute Gasteiger partial charge is 0.389 e. The van der Waals surface area contributed by atoms with Gasteiger partial charge in [0.05, 0.1) is 10.5 Å². The average Bonchev–Trinajstić information content (AvgIpc) is 2.46. The van der Waals surface area contributed by atoms with Gasteiger partial charge in [-0.1, -0.05) is 26.0 Å². The Balaban J connectivity index is 2.04. The van der Waals surface area contributed by atoms with Gasteiger partial charge in [-0.25, -0.2) is 8.42 Å². The number of hydrogen-bond acceptors (Lipinski definition) is 4. The molecule has 1 fully saturated rings. The van der Waals surface area contributed by atoms with E-state index >= 15 is 0 Å². The average molecular weight is 340 g/mol. The third-order valence-electron chi connectivity index (χ3n) is 4.13. The summed E-state index contributed by atoms with van der Waals surface area (Å²) in [5.74, 6) is 0.386. The van der Waals surface area contributed by atoms with Gasteiger partial charge in [-0.05, 0) is 37.5 Å². The molecular weight excluding hydrogens is 312 g/mol. The molecule has 1 aromatic rings. The summed E-state index contributed by atoms with van der Waals surface area (Å²) in [7, 11) is -3.43. The molecule has 1 heterocycles. The highest BCUT2D eigenvalue weighted by atomic mass is 32.2. The summed E-state index contributed by atoms with van der Waals surface area (Å²) in [5, 5.41) is 9.87. The van der Waals surface area contributed by atoms with Gasteiger partial charge >= 0.3 is 0 Å². The highest BCUT2D eigenvalue weighted by molar-refractivity contribution is 7.89. The van der Waals surface area contributed by atoms with Crippen LogP contribution in [0.2, 0.25) is 0 Å². The lowest BCUT2D eigenvalue weighted by Gasteiger charge is -2.36. The van der Waals surface area contributed by atoms with E-state index in [4.69, 9.17) is 0 Å². The van der Waals surface area contributed by atoms with E-state index in [0.717, 1.165) is 5.56 Å². The standard InChI is InChI=1S/C17H28N2O3S/c1-14(2)15-5-7-16(8-6-15)23(21,22)19-11-9-18(10-12-19)13-17(3,4)20/h5-8,14,20H,9-13H2,1-4H3. The molecule has 130 valence electrons. The van der Waals surface area contributed by atoms with Crippen LogP contribution in [0.25, 0.3) is 0 Å². The molecule has 0 saturated carbocycles. The molecule has 0 bridgehead atoms. The van der Waals surface area contributed by atoms with Gasteiger partial charge in [0.1, 0.15) is 0 Å². The Morgan fingerprint density at radius 3 is 2.04 bits per heavy atom. The van der Waals surface area contributed by atoms with Gasteiger partial charge < -0.3 is 5.11 Å². The summed E-state index contributed by atoms with van der Waals surface area (Å²) in [6.45, 7) is 10.5. The number of piperazine rings is 1. The van der Waals surface area contributed by atoms with Crippen molar-refractivity contribution in [2.24, 2.45) is 0 Å². The highest BCUT2D eigenvalue weighted by Gasteiger charge is 2.30. The van der Waals surface area contributed by atoms with Gasteiger partial charge in [0.25, 0.3) is 0 Å². The van der Waals surface area contributed by atoms with Crippen LogP contribution < -0.4 is 0 Å². The number of rotatable bonds is 5. The number of aliphatic hydroxyl groups is 1. The van der Waals surface area contributed by atoms with Gasteiger partial charge in [-0.15, -0.1) is 0 Å². The molecule has 5 nitrogen and oxygen atoms in total. The van der Waals surface area contributed by atoms with Crippen molar-refractivity contribution in [2.75, 3.05) is 32.7 Å². The quantitative estimate of drug-likeness (QED) is 0.889. The Hall–Kier alpha value is -0.950. The smallest absolute Gasteiger partial charge is 0.243 e. The first kappa shape index (κ1) is 18.4. The molecule has 0 spiro atoms. The minimum Gasteiger partial charge on any atom is -0.389 e. The van der Waals surface area contributed by atoms with Crippen molar-refractivity contribution in [1.29, 1.82) is 0 Å². The molecule has 1 saturated heterocycles. The maximum Gasteiger partial charge on any atom is 0.243 e. The second-order valence-electron chi connectivity index (χ2n) is 7.22. The Morgan fingerprint density at radius 2 is 1.61 bits per heavy atom. The summed E-state index contributed by atoms with van der Waals surface area (Å²) >= 11 is 0. The van der Waals surface area contributed by atoms with Crippen LogP contribution in [0.15, 0.2) is 29.2 Å². The van der Waals surface area contributed by atoms with E-state index in [1.54, 1.807) is 26.0 Å². The summed E-state index contributed by atoms with van der Waals surface area (Å²) < 4.78 is 27.0. The number of nitrogens with zero attached hydrogens (tertiary/aromatic N) is 2. The summed E-state index contributed by atoms with van der Waals surface area (Å²) in [4.78, 5) is 2.46. The lowest BCUT2D eigenvalue weighted by Crippen LogP contribution is -2.51. The van der Waals surface area contributed by atoms with Crippen LogP contribution in [0.1, 0.15) is 39.2 Å². The fourth-order valence-electron chi connectivity index (χ4n) is 2.85. The molecule has 1 aliphatic rings. The van der Waals surface area contributed by atoms with Crippen LogP contribution in [0, 0.1) is 0 Å². The molecule has 6 heteroatoms. The third-order valence-corrected chi connectivity index (χ3v) is 6.04. The van der Waals surface area contributed by atoms with Gasteiger partial charge in [-0.3, -0.25) is 4.90 Å². The molecule has 2 rings (SSSR count). The lowest BCUT2D eigenvalue weighted by molar-refractivity contribution is 0.0263. The predicted octanol–water partition coefficient (Wildman–Crippen LogP) is 1.89. The first-order valence-corrected chi connectivity index (χ1v) is 9.58. The van der Waals surface area contributed by atoms with Crippen molar-refractivity contribution in [2.45, 2.75) is 44.1 Å². The van der Waals surface area contributed by atoms with Crippen molar-refractivity contribution in [1.82, 2.24) is 9.21 Å². The minimum atomic E-state index is -3.43. The van der Waals surface area contributed by atoms with E-state index < -0.39 is 15.6 Å². The fourth-order valence-corrected chi connectivity index (χ4v) is 4.27. The van der Waals surface area contributed by atoms with Crippen LogP contribution in [0.3, 0.4) is 0 Å². The van der Waals surface area contributed by atoms with E-state index in [9.17, 15) is 13.5 Å². The second kappa shape index (κ2) is 6.89. The highest BCUT2D eigenvalue weighted by Crippen LogP contribution is 2.21. The number of benzene rings is 1. The Labute approximate surface area is 140 Å². The van der Waals surface area contributed by atoms with Gasteiger partial charge in [-0.2, -0.15) is 4.31 Å². The molecule has 0 unspecified atom stereocenters. The normalized spacial score (nSPS) is 18.5. The molecule has 0 aliphatic carbocycles. The number of β-amino-alcohol motifs (C(OH)–C–C–N with tert-alkyl or cyclic N) is 1. The predicted molar refractivity (Wildman–Crippen MR) is 92.0 cm³/mol. The van der Waals surface area contributed by atoms with Crippen LogP contribution in [-0.2, 0) is 10.0 Å². The molecule has 0 amide bonds. The maximum absolute atomic E-state index is 12.7. The van der Waals surface area contributed by atoms with Gasteiger partial charge in [0.2, 0.25) is 10.0 Å². The van der Waals surface area contributed by atoms with E-state index in [2.05, 4.69) is 18.7 Å². The molecule has 23 heavy (non-hydrogen) atoms. The SMILES string of the molecule is CC(C)c1ccc(S(=O)(=O)N2CCN(CC(C)(C)O)CC2)cc1. The zero-order valence-electron chi connectivity index (χ0n) is 14.5. The van der Waals surface area contributed by atoms with Crippen molar-refractivity contribution in [3.8, 4) is 0 Å². The molecule has 1 aromatic carbocycles. The maximum atomic E-state index is 12.7. The number of hydrogen-bond donors (Lipinski definition) is 1. The lowest BCUT2D eigenvalue weighted by atomic mass is 10.0. The van der Waals surface area contributed by atoms with Crippen LogP contribution >= 0.6 is 0 Å². The molecule has 0 aromatic heterocycles. The Morgan fingerprint density at radius 1 is 1.09 bits per heavy atom. The zero-order chi connectivity index (χ0) is 17.3. The Kier molecular flexibility index (Phi) is 5.51. The molecule has 1 N–H and O–H groups in total. The molecule has 0 atom stereocenters. The monoisotopic (exact) mass is 340 g/mol. The van der Waals surface area contributed by atoms with Crippen molar-refractivity contribution in [3.05, 3.63) is 29.8 Å². The minimum absolute atomic E-state index is 0.359. The summed E-state index contributed by atoms with van der Waals surface area (Å²) in [5.41, 5.74) is 0.382. The number of sulfonamides is 1. The Bertz CT molecular complexity index is 610. The molecule has 0 radical (unpaired) electrons.